The van der Waals surface area contributed by atoms with Crippen LogP contribution in [0.15, 0.2) is 39.7 Å². The van der Waals surface area contributed by atoms with Crippen molar-refractivity contribution >= 4 is 27.7 Å². The minimum atomic E-state index is 0.212. The summed E-state index contributed by atoms with van der Waals surface area (Å²) in [6.45, 7) is 5.02. The minimum absolute atomic E-state index is 0.212. The third-order valence-electron chi connectivity index (χ3n) is 3.25. The Hall–Kier alpha value is -0.820. The van der Waals surface area contributed by atoms with E-state index < -0.39 is 0 Å². The average molecular weight is 369 g/mol. The lowest BCUT2D eigenvalue weighted by molar-refractivity contribution is 0.534. The summed E-state index contributed by atoms with van der Waals surface area (Å²) in [5, 5.41) is 4.48. The van der Waals surface area contributed by atoms with E-state index in [-0.39, 0.29) is 6.04 Å². The molecule has 0 fully saturated rings. The lowest BCUT2D eigenvalue weighted by atomic mass is 10.2. The van der Waals surface area contributed by atoms with Crippen LogP contribution in [0.3, 0.4) is 0 Å². The van der Waals surface area contributed by atoms with Crippen LogP contribution < -0.4 is 11.3 Å². The van der Waals surface area contributed by atoms with Gasteiger partial charge in [0.25, 0.3) is 0 Å². The Balaban J connectivity index is 1.98. The molecule has 1 atom stereocenters. The Morgan fingerprint density at radius 1 is 1.43 bits per heavy atom. The molecule has 6 heteroatoms. The second-order valence-corrected chi connectivity index (χ2v) is 6.82. The quantitative estimate of drug-likeness (QED) is 0.447. The molecule has 0 amide bonds. The van der Waals surface area contributed by atoms with Crippen molar-refractivity contribution < 1.29 is 0 Å². The summed E-state index contributed by atoms with van der Waals surface area (Å²) in [5.41, 5.74) is 5.21. The van der Waals surface area contributed by atoms with Crippen LogP contribution in [-0.2, 0) is 13.0 Å². The summed E-state index contributed by atoms with van der Waals surface area (Å²) in [7, 11) is 0. The van der Waals surface area contributed by atoms with Gasteiger partial charge in [-0.15, -0.1) is 11.8 Å². The van der Waals surface area contributed by atoms with Crippen LogP contribution in [-0.4, -0.2) is 21.6 Å². The van der Waals surface area contributed by atoms with E-state index in [1.807, 2.05) is 23.7 Å². The van der Waals surface area contributed by atoms with Gasteiger partial charge in [0.2, 0.25) is 0 Å². The molecule has 1 unspecified atom stereocenters. The molecule has 3 N–H and O–H groups in total. The van der Waals surface area contributed by atoms with Crippen LogP contribution >= 0.6 is 27.7 Å². The molecule has 2 rings (SSSR count). The number of hydrogen-bond acceptors (Lipinski definition) is 4. The molecule has 0 aliphatic rings. The second-order valence-electron chi connectivity index (χ2n) is 4.90. The molecule has 21 heavy (non-hydrogen) atoms. The van der Waals surface area contributed by atoms with E-state index in [4.69, 9.17) is 5.84 Å². The summed E-state index contributed by atoms with van der Waals surface area (Å²) in [4.78, 5) is 1.23. The van der Waals surface area contributed by atoms with Gasteiger partial charge in [-0.2, -0.15) is 5.10 Å². The maximum absolute atomic E-state index is 5.72. The summed E-state index contributed by atoms with van der Waals surface area (Å²) < 4.78 is 3.17. The molecule has 0 spiro atoms. The van der Waals surface area contributed by atoms with Crippen LogP contribution in [0, 0.1) is 6.92 Å². The Bertz CT molecular complexity index is 585. The van der Waals surface area contributed by atoms with Gasteiger partial charge in [-0.05, 0) is 48.0 Å². The molecule has 1 aromatic carbocycles. The summed E-state index contributed by atoms with van der Waals surface area (Å²) in [5.74, 6) is 6.63. The zero-order valence-corrected chi connectivity index (χ0v) is 14.7. The molecule has 0 bridgehead atoms. The number of thioether (sulfide) groups is 1. The van der Waals surface area contributed by atoms with E-state index in [1.54, 1.807) is 11.8 Å². The first-order valence-electron chi connectivity index (χ1n) is 7.00. The van der Waals surface area contributed by atoms with Gasteiger partial charge in [-0.3, -0.25) is 16.0 Å². The van der Waals surface area contributed by atoms with Gasteiger partial charge in [-0.1, -0.05) is 12.1 Å². The van der Waals surface area contributed by atoms with E-state index in [9.17, 15) is 0 Å². The number of nitrogens with zero attached hydrogens (tertiary/aromatic N) is 2. The Kier molecular flexibility index (Phi) is 6.29. The number of benzene rings is 1. The summed E-state index contributed by atoms with van der Waals surface area (Å²) in [6.07, 6.45) is 0.878. The number of hydrazine groups is 1. The van der Waals surface area contributed by atoms with Gasteiger partial charge >= 0.3 is 0 Å². The highest BCUT2D eigenvalue weighted by Gasteiger charge is 2.13. The number of rotatable bonds is 7. The van der Waals surface area contributed by atoms with Gasteiger partial charge < -0.3 is 0 Å². The van der Waals surface area contributed by atoms with Gasteiger partial charge in [0, 0.05) is 39.8 Å². The third-order valence-corrected chi connectivity index (χ3v) is 5.44. The fourth-order valence-corrected chi connectivity index (χ4v) is 3.81. The first kappa shape index (κ1) is 16.5. The van der Waals surface area contributed by atoms with Crippen molar-refractivity contribution in [2.45, 2.75) is 37.8 Å². The molecule has 0 aliphatic heterocycles. The normalized spacial score (nSPS) is 12.6. The third kappa shape index (κ3) is 4.57. The molecule has 0 aliphatic carbocycles. The Morgan fingerprint density at radius 2 is 2.19 bits per heavy atom. The van der Waals surface area contributed by atoms with Crippen LogP contribution in [0.4, 0.5) is 0 Å². The number of nitrogens with one attached hydrogen (secondary N) is 1. The number of nitrogens with two attached hydrogens (primary N) is 1. The number of hydrogen-bond donors (Lipinski definition) is 2. The van der Waals surface area contributed by atoms with Crippen molar-refractivity contribution in [3.05, 3.63) is 46.2 Å². The van der Waals surface area contributed by atoms with E-state index in [2.05, 4.69) is 51.6 Å². The van der Waals surface area contributed by atoms with Crippen molar-refractivity contribution in [2.75, 3.05) is 5.75 Å². The number of halogens is 1. The standard InChI is InChI=1S/C15H21BrN4S/c1-3-20-13(8-11(2)19-20)9-12(18-17)10-21-15-7-5-4-6-14(15)16/h4-8,12,18H,3,9-10,17H2,1-2H3. The van der Waals surface area contributed by atoms with Crippen molar-refractivity contribution in [1.29, 1.82) is 0 Å². The van der Waals surface area contributed by atoms with Crippen molar-refractivity contribution in [3.63, 3.8) is 0 Å². The average Bonchev–Trinajstić information content (AvgIpc) is 2.84. The maximum Gasteiger partial charge on any atom is 0.0596 e. The highest BCUT2D eigenvalue weighted by Crippen LogP contribution is 2.27. The molecule has 1 aromatic heterocycles. The molecule has 0 radical (unpaired) electrons. The predicted molar refractivity (Wildman–Crippen MR) is 92.3 cm³/mol. The van der Waals surface area contributed by atoms with E-state index >= 15 is 0 Å². The molecule has 1 heterocycles. The summed E-state index contributed by atoms with van der Waals surface area (Å²) >= 11 is 5.37. The SMILES string of the molecule is CCn1nc(C)cc1CC(CSc1ccccc1Br)NN. The van der Waals surface area contributed by atoms with Crippen LogP contribution in [0.2, 0.25) is 0 Å². The zero-order valence-electron chi connectivity index (χ0n) is 12.3. The first-order chi connectivity index (χ1) is 10.1. The van der Waals surface area contributed by atoms with Crippen molar-refractivity contribution in [1.82, 2.24) is 15.2 Å². The largest absolute Gasteiger partial charge is 0.271 e. The monoisotopic (exact) mass is 368 g/mol. The topological polar surface area (TPSA) is 55.9 Å². The van der Waals surface area contributed by atoms with E-state index in [0.29, 0.717) is 0 Å². The Morgan fingerprint density at radius 3 is 2.86 bits per heavy atom. The molecule has 4 nitrogen and oxygen atoms in total. The molecule has 0 saturated carbocycles. The maximum atomic E-state index is 5.72. The van der Waals surface area contributed by atoms with E-state index in [1.165, 1.54) is 10.6 Å². The minimum Gasteiger partial charge on any atom is -0.271 e. The highest BCUT2D eigenvalue weighted by atomic mass is 79.9. The fourth-order valence-electron chi connectivity index (χ4n) is 2.21. The van der Waals surface area contributed by atoms with Gasteiger partial charge in [0.05, 0.1) is 5.69 Å². The van der Waals surface area contributed by atoms with Crippen molar-refractivity contribution in [3.8, 4) is 0 Å². The molecule has 114 valence electrons. The summed E-state index contributed by atoms with van der Waals surface area (Å²) in [6, 6.07) is 10.6. The van der Waals surface area contributed by atoms with E-state index in [0.717, 1.165) is 28.9 Å². The lowest BCUT2D eigenvalue weighted by Gasteiger charge is -2.16. The fraction of sp³-hybridized carbons (Fsp3) is 0.400. The van der Waals surface area contributed by atoms with Crippen LogP contribution in [0.25, 0.3) is 0 Å². The second kappa shape index (κ2) is 7.98. The predicted octanol–water partition coefficient (Wildman–Crippen LogP) is 3.14. The van der Waals surface area contributed by atoms with Crippen molar-refractivity contribution in [2.24, 2.45) is 5.84 Å². The van der Waals surface area contributed by atoms with Gasteiger partial charge in [-0.25, -0.2) is 0 Å². The first-order valence-corrected chi connectivity index (χ1v) is 8.78. The smallest absolute Gasteiger partial charge is 0.0596 e. The van der Waals surface area contributed by atoms with Gasteiger partial charge in [0.1, 0.15) is 0 Å². The zero-order chi connectivity index (χ0) is 15.2. The van der Waals surface area contributed by atoms with Crippen LogP contribution in [0.1, 0.15) is 18.3 Å². The molecular formula is C15H21BrN4S. The van der Waals surface area contributed by atoms with Crippen LogP contribution in [0.5, 0.6) is 0 Å². The molecule has 0 saturated heterocycles. The van der Waals surface area contributed by atoms with Gasteiger partial charge in [0.15, 0.2) is 0 Å². The molecular weight excluding hydrogens is 348 g/mol. The molecule has 2 aromatic rings. The lowest BCUT2D eigenvalue weighted by Crippen LogP contribution is -2.39. The highest BCUT2D eigenvalue weighted by molar-refractivity contribution is 9.10. The number of aryl methyl sites for hydroxylation is 2. The number of aromatic nitrogens is 2. The Labute approximate surface area is 138 Å².